The molecule has 3 heteroatoms. The Morgan fingerprint density at radius 1 is 1.23 bits per heavy atom. The maximum absolute atomic E-state index is 8.76. The molecule has 0 aromatic heterocycles. The molecular formula is C10H18O3. The van der Waals surface area contributed by atoms with Gasteiger partial charge >= 0.3 is 0 Å². The van der Waals surface area contributed by atoms with Crippen LogP contribution in [0.1, 0.15) is 19.8 Å². The van der Waals surface area contributed by atoms with Crippen molar-refractivity contribution in [3.05, 3.63) is 38.5 Å². The summed E-state index contributed by atoms with van der Waals surface area (Å²) in [6.45, 7) is 11.8. The fourth-order valence-corrected chi connectivity index (χ4v) is 0.494. The first kappa shape index (κ1) is 14.3. The second-order valence-electron chi connectivity index (χ2n) is 2.02. The Balaban J connectivity index is 0. The molecule has 0 saturated heterocycles. The highest BCUT2D eigenvalue weighted by molar-refractivity contribution is 4.57. The zero-order valence-electron chi connectivity index (χ0n) is 8.11. The maximum atomic E-state index is 8.76. The number of hydrogen-bond donors (Lipinski definition) is 1. The smallest absolute Gasteiger partial charge is 0.196 e. The molecule has 0 aliphatic rings. The molecular weight excluding hydrogens is 168 g/mol. The summed E-state index contributed by atoms with van der Waals surface area (Å²) in [7, 11) is 0. The third-order valence-corrected chi connectivity index (χ3v) is 0.981. The molecule has 1 unspecified atom stereocenters. The van der Waals surface area contributed by atoms with E-state index in [0.717, 1.165) is 6.42 Å². The Bertz CT molecular complexity index is 126. The molecule has 0 rings (SSSR count). The fourth-order valence-electron chi connectivity index (χ4n) is 0.494. The summed E-state index contributed by atoms with van der Waals surface area (Å²) in [4.78, 5) is 0. The standard InChI is InChI=1S/C6H12O2.C4H6O/c1-3-5-6(7)8-4-2;1-3-5-4-2/h4,6-7H,2-3,5H2,1H3;3-4H,1-2H2. The molecule has 13 heavy (non-hydrogen) atoms. The van der Waals surface area contributed by atoms with Crippen molar-refractivity contribution in [1.82, 2.24) is 0 Å². The molecule has 0 heterocycles. The third kappa shape index (κ3) is 18.1. The fraction of sp³-hybridized carbons (Fsp3) is 0.400. The van der Waals surface area contributed by atoms with E-state index < -0.39 is 6.29 Å². The molecule has 0 amide bonds. The monoisotopic (exact) mass is 186 g/mol. The first-order valence-corrected chi connectivity index (χ1v) is 4.04. The highest BCUT2D eigenvalue weighted by atomic mass is 16.6. The number of hydrogen-bond acceptors (Lipinski definition) is 3. The van der Waals surface area contributed by atoms with Gasteiger partial charge in [-0.25, -0.2) is 0 Å². The van der Waals surface area contributed by atoms with E-state index in [0.29, 0.717) is 6.42 Å². The van der Waals surface area contributed by atoms with Gasteiger partial charge in [0.1, 0.15) is 0 Å². The van der Waals surface area contributed by atoms with E-state index in [1.54, 1.807) is 0 Å². The van der Waals surface area contributed by atoms with Crippen LogP contribution in [0.5, 0.6) is 0 Å². The van der Waals surface area contributed by atoms with Crippen molar-refractivity contribution in [2.75, 3.05) is 0 Å². The van der Waals surface area contributed by atoms with Crippen molar-refractivity contribution in [3.8, 4) is 0 Å². The van der Waals surface area contributed by atoms with Crippen LogP contribution in [-0.2, 0) is 9.47 Å². The van der Waals surface area contributed by atoms with Gasteiger partial charge in [-0.3, -0.25) is 0 Å². The maximum Gasteiger partial charge on any atom is 0.196 e. The van der Waals surface area contributed by atoms with Crippen molar-refractivity contribution < 1.29 is 14.6 Å². The van der Waals surface area contributed by atoms with Crippen molar-refractivity contribution in [3.63, 3.8) is 0 Å². The van der Waals surface area contributed by atoms with E-state index in [-0.39, 0.29) is 0 Å². The molecule has 1 atom stereocenters. The number of rotatable bonds is 6. The van der Waals surface area contributed by atoms with Crippen LogP contribution in [0.25, 0.3) is 0 Å². The highest BCUT2D eigenvalue weighted by Gasteiger charge is 1.96. The molecule has 0 bridgehead atoms. The Kier molecular flexibility index (Phi) is 14.7. The molecule has 1 N–H and O–H groups in total. The summed E-state index contributed by atoms with van der Waals surface area (Å²) in [5.74, 6) is 0. The molecule has 0 saturated carbocycles. The normalized spacial score (nSPS) is 10.0. The predicted octanol–water partition coefficient (Wildman–Crippen LogP) is 2.56. The summed E-state index contributed by atoms with van der Waals surface area (Å²) < 4.78 is 8.96. The van der Waals surface area contributed by atoms with Crippen LogP contribution < -0.4 is 0 Å². The van der Waals surface area contributed by atoms with E-state index >= 15 is 0 Å². The minimum atomic E-state index is -0.655. The van der Waals surface area contributed by atoms with E-state index in [1.165, 1.54) is 18.8 Å². The molecule has 3 nitrogen and oxygen atoms in total. The Morgan fingerprint density at radius 2 is 1.77 bits per heavy atom. The van der Waals surface area contributed by atoms with E-state index in [2.05, 4.69) is 29.2 Å². The van der Waals surface area contributed by atoms with Crippen molar-refractivity contribution in [2.24, 2.45) is 0 Å². The molecule has 0 radical (unpaired) electrons. The zero-order valence-corrected chi connectivity index (χ0v) is 8.11. The molecule has 76 valence electrons. The SMILES string of the molecule is C=COC(O)CCC.C=COC=C. The number of ether oxygens (including phenoxy) is 2. The molecule has 0 aromatic rings. The van der Waals surface area contributed by atoms with E-state index in [1.807, 2.05) is 6.92 Å². The molecule has 0 fully saturated rings. The zero-order chi connectivity index (χ0) is 10.5. The van der Waals surface area contributed by atoms with Crippen LogP contribution in [0.2, 0.25) is 0 Å². The minimum absolute atomic E-state index is 0.655. The van der Waals surface area contributed by atoms with Gasteiger partial charge < -0.3 is 14.6 Å². The summed E-state index contributed by atoms with van der Waals surface area (Å²) in [5.41, 5.74) is 0. The Labute approximate surface area is 80.0 Å². The van der Waals surface area contributed by atoms with Crippen molar-refractivity contribution in [2.45, 2.75) is 26.1 Å². The molecule has 0 aliphatic heterocycles. The van der Waals surface area contributed by atoms with Crippen molar-refractivity contribution in [1.29, 1.82) is 0 Å². The lowest BCUT2D eigenvalue weighted by atomic mass is 10.3. The van der Waals surface area contributed by atoms with Gasteiger partial charge in [0.25, 0.3) is 0 Å². The quantitative estimate of drug-likeness (QED) is 0.511. The second-order valence-corrected chi connectivity index (χ2v) is 2.02. The van der Waals surface area contributed by atoms with Gasteiger partial charge in [0.15, 0.2) is 6.29 Å². The highest BCUT2D eigenvalue weighted by Crippen LogP contribution is 1.96. The van der Waals surface area contributed by atoms with Gasteiger partial charge in [-0.15, -0.1) is 0 Å². The van der Waals surface area contributed by atoms with Crippen LogP contribution in [-0.4, -0.2) is 11.4 Å². The largest absolute Gasteiger partial charge is 0.474 e. The van der Waals surface area contributed by atoms with Crippen LogP contribution in [0.4, 0.5) is 0 Å². The van der Waals surface area contributed by atoms with Gasteiger partial charge in [0.2, 0.25) is 0 Å². The average molecular weight is 186 g/mol. The lowest BCUT2D eigenvalue weighted by molar-refractivity contribution is -0.0558. The lowest BCUT2D eigenvalue weighted by Gasteiger charge is -2.06. The van der Waals surface area contributed by atoms with Crippen LogP contribution in [0.15, 0.2) is 38.5 Å². The Morgan fingerprint density at radius 3 is 2.00 bits per heavy atom. The minimum Gasteiger partial charge on any atom is -0.474 e. The van der Waals surface area contributed by atoms with E-state index in [9.17, 15) is 0 Å². The number of aliphatic hydroxyl groups excluding tert-OH is 1. The van der Waals surface area contributed by atoms with Crippen LogP contribution in [0.3, 0.4) is 0 Å². The summed E-state index contributed by atoms with van der Waals surface area (Å²) in [6.07, 6.45) is 4.82. The van der Waals surface area contributed by atoms with Gasteiger partial charge in [-0.2, -0.15) is 0 Å². The summed E-state index contributed by atoms with van der Waals surface area (Å²) in [5, 5.41) is 8.76. The first-order valence-electron chi connectivity index (χ1n) is 4.04. The second kappa shape index (κ2) is 13.4. The van der Waals surface area contributed by atoms with Gasteiger partial charge in [0.05, 0.1) is 18.8 Å². The van der Waals surface area contributed by atoms with Crippen LogP contribution in [0, 0.1) is 0 Å². The van der Waals surface area contributed by atoms with Gasteiger partial charge in [0, 0.05) is 6.42 Å². The molecule has 0 spiro atoms. The topological polar surface area (TPSA) is 38.7 Å². The lowest BCUT2D eigenvalue weighted by Crippen LogP contribution is -2.06. The predicted molar refractivity (Wildman–Crippen MR) is 53.7 cm³/mol. The average Bonchev–Trinajstić information content (AvgIpc) is 2.08. The summed E-state index contributed by atoms with van der Waals surface area (Å²) >= 11 is 0. The van der Waals surface area contributed by atoms with E-state index in [4.69, 9.17) is 5.11 Å². The summed E-state index contributed by atoms with van der Waals surface area (Å²) in [6, 6.07) is 0. The van der Waals surface area contributed by atoms with Crippen LogP contribution >= 0.6 is 0 Å². The molecule has 0 aromatic carbocycles. The van der Waals surface area contributed by atoms with Crippen molar-refractivity contribution >= 4 is 0 Å². The van der Waals surface area contributed by atoms with Gasteiger partial charge in [-0.05, 0) is 0 Å². The molecule has 0 aliphatic carbocycles. The Hall–Kier alpha value is -1.22. The van der Waals surface area contributed by atoms with Gasteiger partial charge in [-0.1, -0.05) is 33.1 Å². The number of aliphatic hydroxyl groups is 1. The first-order chi connectivity index (χ1) is 6.22. The third-order valence-electron chi connectivity index (χ3n) is 0.981.